The molecule has 5 nitrogen and oxygen atoms in total. The Morgan fingerprint density at radius 3 is 2.74 bits per heavy atom. The van der Waals surface area contributed by atoms with Crippen LogP contribution in [0.1, 0.15) is 33.9 Å². The maximum atomic E-state index is 12.4. The predicted octanol–water partition coefficient (Wildman–Crippen LogP) is 4.88. The molecule has 138 valence electrons. The first-order valence-corrected chi connectivity index (χ1v) is 9.60. The zero-order valence-corrected chi connectivity index (χ0v) is 16.2. The van der Waals surface area contributed by atoms with Crippen LogP contribution in [0.5, 0.6) is 0 Å². The molecule has 1 N–H and O–H groups in total. The second-order valence-electron chi connectivity index (χ2n) is 6.13. The normalized spacial score (nSPS) is 11.8. The summed E-state index contributed by atoms with van der Waals surface area (Å²) < 4.78 is 2.04. The van der Waals surface area contributed by atoms with Gasteiger partial charge in [-0.2, -0.15) is 0 Å². The Balaban J connectivity index is 1.73. The van der Waals surface area contributed by atoms with Crippen LogP contribution in [-0.2, 0) is 6.54 Å². The second-order valence-corrected chi connectivity index (χ2v) is 7.44. The van der Waals surface area contributed by atoms with E-state index >= 15 is 0 Å². The Kier molecular flexibility index (Phi) is 6.08. The number of amides is 1. The Morgan fingerprint density at radius 2 is 2.00 bits per heavy atom. The summed E-state index contributed by atoms with van der Waals surface area (Å²) >= 11 is 1.64. The van der Waals surface area contributed by atoms with E-state index in [1.807, 2.05) is 54.0 Å². The van der Waals surface area contributed by atoms with Crippen LogP contribution >= 0.6 is 11.8 Å². The summed E-state index contributed by atoms with van der Waals surface area (Å²) in [5, 5.41) is 12.4. The molecule has 3 rings (SSSR count). The molecule has 1 heterocycles. The van der Waals surface area contributed by atoms with Crippen LogP contribution < -0.4 is 5.32 Å². The number of nitrogens with zero attached hydrogens (tertiary/aromatic N) is 3. The van der Waals surface area contributed by atoms with Gasteiger partial charge < -0.3 is 9.88 Å². The van der Waals surface area contributed by atoms with Gasteiger partial charge in [-0.3, -0.25) is 4.79 Å². The molecule has 0 saturated heterocycles. The average molecular weight is 379 g/mol. The summed E-state index contributed by atoms with van der Waals surface area (Å²) in [4.78, 5) is 12.4. The zero-order chi connectivity index (χ0) is 19.2. The van der Waals surface area contributed by atoms with Gasteiger partial charge >= 0.3 is 0 Å². The van der Waals surface area contributed by atoms with E-state index in [4.69, 9.17) is 0 Å². The lowest BCUT2D eigenvalue weighted by molar-refractivity contribution is 0.102. The number of aromatic nitrogens is 3. The molecule has 1 aromatic heterocycles. The van der Waals surface area contributed by atoms with Crippen molar-refractivity contribution >= 4 is 23.4 Å². The molecule has 1 atom stereocenters. The van der Waals surface area contributed by atoms with Crippen LogP contribution in [0, 0.1) is 6.92 Å². The minimum atomic E-state index is -0.116. The van der Waals surface area contributed by atoms with Crippen molar-refractivity contribution in [2.24, 2.45) is 0 Å². The molecule has 3 aromatic rings. The number of allylic oxidation sites excluding steroid dienone is 1. The van der Waals surface area contributed by atoms with Crippen molar-refractivity contribution in [1.82, 2.24) is 14.8 Å². The summed E-state index contributed by atoms with van der Waals surface area (Å²) in [7, 11) is 0. The summed E-state index contributed by atoms with van der Waals surface area (Å²) in [6.45, 7) is 8.53. The topological polar surface area (TPSA) is 59.8 Å². The third-order valence-corrected chi connectivity index (χ3v) is 5.28. The van der Waals surface area contributed by atoms with Crippen molar-refractivity contribution in [3.8, 4) is 0 Å². The van der Waals surface area contributed by atoms with E-state index in [0.29, 0.717) is 12.1 Å². The maximum absolute atomic E-state index is 12.4. The van der Waals surface area contributed by atoms with E-state index in [-0.39, 0.29) is 11.2 Å². The van der Waals surface area contributed by atoms with Gasteiger partial charge in [0.2, 0.25) is 0 Å². The molecule has 1 amide bonds. The first-order chi connectivity index (χ1) is 13.1. The number of aryl methyl sites for hydroxylation is 1. The molecule has 0 bridgehead atoms. The van der Waals surface area contributed by atoms with Crippen molar-refractivity contribution in [1.29, 1.82) is 0 Å². The lowest BCUT2D eigenvalue weighted by atomic mass is 10.1. The van der Waals surface area contributed by atoms with Gasteiger partial charge in [0.15, 0.2) is 5.16 Å². The van der Waals surface area contributed by atoms with Crippen molar-refractivity contribution in [2.45, 2.75) is 30.8 Å². The minimum Gasteiger partial charge on any atom is -0.322 e. The van der Waals surface area contributed by atoms with Crippen LogP contribution in [0.4, 0.5) is 5.69 Å². The molecule has 0 spiro atoms. The highest BCUT2D eigenvalue weighted by molar-refractivity contribution is 7.99. The SMILES string of the molecule is C=CCn1c(C)nnc1S[C@@H](C)c1cccc(NC(=O)c2ccccc2)c1. The molecular formula is C21H22N4OS. The number of thioether (sulfide) groups is 1. The predicted molar refractivity (Wildman–Crippen MR) is 110 cm³/mol. The van der Waals surface area contributed by atoms with E-state index < -0.39 is 0 Å². The minimum absolute atomic E-state index is 0.116. The number of hydrogen-bond acceptors (Lipinski definition) is 4. The fourth-order valence-corrected chi connectivity index (χ4v) is 3.70. The van der Waals surface area contributed by atoms with Gasteiger partial charge in [0, 0.05) is 23.0 Å². The fraction of sp³-hybridized carbons (Fsp3) is 0.190. The van der Waals surface area contributed by atoms with Gasteiger partial charge in [0.25, 0.3) is 5.91 Å². The molecule has 0 aliphatic heterocycles. The Bertz CT molecular complexity index is 936. The lowest BCUT2D eigenvalue weighted by Gasteiger charge is -2.14. The van der Waals surface area contributed by atoms with Gasteiger partial charge in [-0.1, -0.05) is 48.2 Å². The highest BCUT2D eigenvalue weighted by atomic mass is 32.2. The van der Waals surface area contributed by atoms with Crippen LogP contribution in [0.25, 0.3) is 0 Å². The van der Waals surface area contributed by atoms with Gasteiger partial charge in [-0.25, -0.2) is 0 Å². The number of hydrogen-bond donors (Lipinski definition) is 1. The van der Waals surface area contributed by atoms with Crippen molar-refractivity contribution < 1.29 is 4.79 Å². The molecule has 0 fully saturated rings. The average Bonchev–Trinajstić information content (AvgIpc) is 3.03. The fourth-order valence-electron chi connectivity index (χ4n) is 2.68. The summed E-state index contributed by atoms with van der Waals surface area (Å²) in [6.07, 6.45) is 1.84. The third-order valence-electron chi connectivity index (χ3n) is 4.15. The smallest absolute Gasteiger partial charge is 0.255 e. The third kappa shape index (κ3) is 4.65. The van der Waals surface area contributed by atoms with E-state index in [1.165, 1.54) is 0 Å². The summed E-state index contributed by atoms with van der Waals surface area (Å²) in [5.74, 6) is 0.753. The van der Waals surface area contributed by atoms with Gasteiger partial charge in [-0.15, -0.1) is 16.8 Å². The molecule has 0 saturated carbocycles. The van der Waals surface area contributed by atoms with Crippen molar-refractivity contribution in [2.75, 3.05) is 5.32 Å². The quantitative estimate of drug-likeness (QED) is 0.470. The summed E-state index contributed by atoms with van der Waals surface area (Å²) in [6, 6.07) is 17.1. The summed E-state index contributed by atoms with van der Waals surface area (Å²) in [5.41, 5.74) is 2.52. The standard InChI is InChI=1S/C21H22N4OS/c1-4-13-25-16(3)23-24-21(25)27-15(2)18-11-8-12-19(14-18)22-20(26)17-9-6-5-7-10-17/h4-12,14-15H,1,13H2,2-3H3,(H,22,26)/t15-/m0/s1. The number of carbonyl (C=O) groups is 1. The second kappa shape index (κ2) is 8.68. The molecule has 0 aliphatic carbocycles. The first kappa shape index (κ1) is 18.9. The Labute approximate surface area is 163 Å². The lowest BCUT2D eigenvalue weighted by Crippen LogP contribution is -2.11. The molecule has 27 heavy (non-hydrogen) atoms. The van der Waals surface area contributed by atoms with Crippen LogP contribution in [0.2, 0.25) is 0 Å². The molecule has 6 heteroatoms. The molecule has 0 aliphatic rings. The van der Waals surface area contributed by atoms with Gasteiger partial charge in [0.1, 0.15) is 5.82 Å². The Morgan fingerprint density at radius 1 is 1.22 bits per heavy atom. The maximum Gasteiger partial charge on any atom is 0.255 e. The van der Waals surface area contributed by atoms with Crippen LogP contribution in [0.15, 0.2) is 72.4 Å². The molecular weight excluding hydrogens is 356 g/mol. The molecule has 2 aromatic carbocycles. The van der Waals surface area contributed by atoms with Gasteiger partial charge in [0.05, 0.1) is 0 Å². The van der Waals surface area contributed by atoms with E-state index in [0.717, 1.165) is 22.2 Å². The van der Waals surface area contributed by atoms with Crippen molar-refractivity contribution in [3.63, 3.8) is 0 Å². The highest BCUT2D eigenvalue weighted by Crippen LogP contribution is 2.35. The highest BCUT2D eigenvalue weighted by Gasteiger charge is 2.15. The zero-order valence-electron chi connectivity index (χ0n) is 15.4. The largest absolute Gasteiger partial charge is 0.322 e. The van der Waals surface area contributed by atoms with Crippen LogP contribution in [0.3, 0.4) is 0 Å². The van der Waals surface area contributed by atoms with Gasteiger partial charge in [-0.05, 0) is 43.7 Å². The van der Waals surface area contributed by atoms with Crippen molar-refractivity contribution in [3.05, 3.63) is 84.2 Å². The monoisotopic (exact) mass is 378 g/mol. The number of carbonyl (C=O) groups excluding carboxylic acids is 1. The van der Waals surface area contributed by atoms with E-state index in [2.05, 4.69) is 35.1 Å². The Hall–Kier alpha value is -2.86. The van der Waals surface area contributed by atoms with E-state index in [1.54, 1.807) is 23.9 Å². The number of nitrogens with one attached hydrogen (secondary N) is 1. The number of benzene rings is 2. The molecule has 0 unspecified atom stereocenters. The number of anilines is 1. The first-order valence-electron chi connectivity index (χ1n) is 8.72. The van der Waals surface area contributed by atoms with E-state index in [9.17, 15) is 4.79 Å². The number of rotatable bonds is 7. The van der Waals surface area contributed by atoms with Crippen LogP contribution in [-0.4, -0.2) is 20.7 Å². The molecule has 0 radical (unpaired) electrons.